The van der Waals surface area contributed by atoms with Crippen LogP contribution >= 0.6 is 11.3 Å². The number of thiophene rings is 1. The maximum atomic E-state index is 12.9. The van der Waals surface area contributed by atoms with Crippen molar-refractivity contribution in [2.45, 2.75) is 59.6 Å². The Hall–Kier alpha value is -3.47. The molecule has 1 N–H and O–H groups in total. The van der Waals surface area contributed by atoms with Crippen molar-refractivity contribution in [2.24, 2.45) is 0 Å². The quantitative estimate of drug-likeness (QED) is 0.306. The van der Waals surface area contributed by atoms with Gasteiger partial charge >= 0.3 is 11.7 Å². The van der Waals surface area contributed by atoms with Crippen molar-refractivity contribution in [3.8, 4) is 0 Å². The van der Waals surface area contributed by atoms with Crippen LogP contribution in [0, 0.1) is 24.0 Å². The number of nitro groups is 1. The molecule has 11 heteroatoms. The van der Waals surface area contributed by atoms with Gasteiger partial charge in [0.2, 0.25) is 0 Å². The van der Waals surface area contributed by atoms with E-state index < -0.39 is 16.8 Å². The van der Waals surface area contributed by atoms with Crippen LogP contribution in [-0.2, 0) is 24.1 Å². The van der Waals surface area contributed by atoms with Crippen LogP contribution in [0.1, 0.15) is 68.8 Å². The van der Waals surface area contributed by atoms with Crippen LogP contribution in [0.3, 0.4) is 0 Å². The van der Waals surface area contributed by atoms with Crippen molar-refractivity contribution < 1.29 is 23.7 Å². The minimum absolute atomic E-state index is 0.0360. The summed E-state index contributed by atoms with van der Waals surface area (Å²) in [6.45, 7) is 6.90. The Kier molecular flexibility index (Phi) is 6.07. The van der Waals surface area contributed by atoms with E-state index in [4.69, 9.17) is 9.15 Å². The fraction of sp³-hybridized carbons (Fsp3) is 0.409. The Labute approximate surface area is 193 Å². The summed E-state index contributed by atoms with van der Waals surface area (Å²) in [5, 5.41) is 18.7. The third-order valence-corrected chi connectivity index (χ3v) is 6.62. The Morgan fingerprint density at radius 2 is 2.09 bits per heavy atom. The van der Waals surface area contributed by atoms with Crippen LogP contribution < -0.4 is 5.32 Å². The van der Waals surface area contributed by atoms with Crippen molar-refractivity contribution in [2.75, 3.05) is 5.32 Å². The van der Waals surface area contributed by atoms with Gasteiger partial charge in [0.15, 0.2) is 5.76 Å². The van der Waals surface area contributed by atoms with Gasteiger partial charge in [-0.3, -0.25) is 19.6 Å². The molecule has 0 spiro atoms. The number of nitrogens with one attached hydrogen (secondary N) is 1. The average molecular weight is 473 g/mol. The zero-order valence-electron chi connectivity index (χ0n) is 18.8. The summed E-state index contributed by atoms with van der Waals surface area (Å²) >= 11 is 1.39. The summed E-state index contributed by atoms with van der Waals surface area (Å²) in [7, 11) is 0. The molecular weight excluding hydrogens is 448 g/mol. The number of nitrogens with zero attached hydrogens (tertiary/aromatic N) is 3. The number of rotatable bonds is 7. The van der Waals surface area contributed by atoms with E-state index in [1.807, 2.05) is 0 Å². The monoisotopic (exact) mass is 472 g/mol. The number of anilines is 1. The molecule has 10 nitrogen and oxygen atoms in total. The molecule has 0 saturated carbocycles. The molecule has 0 fully saturated rings. The third kappa shape index (κ3) is 4.40. The first-order valence-electron chi connectivity index (χ1n) is 10.6. The lowest BCUT2D eigenvalue weighted by Gasteiger charge is -2.10. The molecule has 3 aromatic heterocycles. The molecule has 1 aliphatic rings. The Balaban J connectivity index is 1.53. The molecule has 1 aliphatic carbocycles. The van der Waals surface area contributed by atoms with Crippen LogP contribution in [0.15, 0.2) is 16.5 Å². The maximum Gasteiger partial charge on any atom is 0.341 e. The largest absolute Gasteiger partial charge is 0.459 e. The average Bonchev–Trinajstić information content (AvgIpc) is 3.46. The van der Waals surface area contributed by atoms with Gasteiger partial charge < -0.3 is 14.5 Å². The predicted octanol–water partition coefficient (Wildman–Crippen LogP) is 4.42. The van der Waals surface area contributed by atoms with Gasteiger partial charge in [-0.05, 0) is 64.7 Å². The predicted molar refractivity (Wildman–Crippen MR) is 121 cm³/mol. The van der Waals surface area contributed by atoms with Crippen LogP contribution in [0.2, 0.25) is 0 Å². The highest BCUT2D eigenvalue weighted by Crippen LogP contribution is 2.40. The lowest BCUT2D eigenvalue weighted by atomic mass is 10.1. The molecule has 0 aromatic carbocycles. The highest BCUT2D eigenvalue weighted by atomic mass is 32.1. The second kappa shape index (κ2) is 8.81. The second-order valence-corrected chi connectivity index (χ2v) is 9.27. The van der Waals surface area contributed by atoms with E-state index in [1.54, 1.807) is 33.8 Å². The first-order valence-corrected chi connectivity index (χ1v) is 11.4. The summed E-state index contributed by atoms with van der Waals surface area (Å²) in [6, 6.07) is 3.15. The van der Waals surface area contributed by atoms with Gasteiger partial charge in [-0.2, -0.15) is 5.10 Å². The SMILES string of the molecule is Cc1nn(Cc2ccc(C(=O)Nc3sc4c(c3C(=O)OC(C)C)CCC4)o2)c(C)c1[N+](=O)[O-]. The molecule has 0 saturated heterocycles. The van der Waals surface area contributed by atoms with Gasteiger partial charge in [0, 0.05) is 4.88 Å². The van der Waals surface area contributed by atoms with E-state index in [2.05, 4.69) is 10.4 Å². The molecule has 3 aromatic rings. The molecule has 3 heterocycles. The van der Waals surface area contributed by atoms with Crippen molar-refractivity contribution >= 4 is 33.9 Å². The molecule has 0 aliphatic heterocycles. The molecule has 0 bridgehead atoms. The number of ether oxygens (including phenoxy) is 1. The number of fused-ring (bicyclic) bond motifs is 1. The smallest absolute Gasteiger partial charge is 0.341 e. The molecular formula is C22H24N4O6S. The van der Waals surface area contributed by atoms with E-state index in [-0.39, 0.29) is 24.1 Å². The summed E-state index contributed by atoms with van der Waals surface area (Å²) in [5.74, 6) is -0.434. The number of hydrogen-bond acceptors (Lipinski definition) is 8. The van der Waals surface area contributed by atoms with Crippen LogP contribution in [0.25, 0.3) is 0 Å². The Morgan fingerprint density at radius 1 is 1.33 bits per heavy atom. The zero-order valence-corrected chi connectivity index (χ0v) is 19.6. The van der Waals surface area contributed by atoms with E-state index >= 15 is 0 Å². The van der Waals surface area contributed by atoms with Gasteiger partial charge in [-0.15, -0.1) is 11.3 Å². The number of amides is 1. The van der Waals surface area contributed by atoms with E-state index in [0.29, 0.717) is 27.7 Å². The summed E-state index contributed by atoms with van der Waals surface area (Å²) in [5.41, 5.74) is 2.06. The summed E-state index contributed by atoms with van der Waals surface area (Å²) < 4.78 is 12.5. The van der Waals surface area contributed by atoms with Gasteiger partial charge in [0.25, 0.3) is 5.91 Å². The first kappa shape index (κ1) is 22.7. The molecule has 174 valence electrons. The Morgan fingerprint density at radius 3 is 2.76 bits per heavy atom. The molecule has 4 rings (SSSR count). The number of furan rings is 1. The van der Waals surface area contributed by atoms with Crippen molar-refractivity contribution in [1.82, 2.24) is 9.78 Å². The van der Waals surface area contributed by atoms with Crippen LogP contribution in [-0.4, -0.2) is 32.7 Å². The van der Waals surface area contributed by atoms with Crippen molar-refractivity contribution in [3.05, 3.63) is 61.2 Å². The molecule has 0 atom stereocenters. The third-order valence-electron chi connectivity index (χ3n) is 5.41. The highest BCUT2D eigenvalue weighted by Gasteiger charge is 2.29. The topological polar surface area (TPSA) is 130 Å². The lowest BCUT2D eigenvalue weighted by molar-refractivity contribution is -0.386. The van der Waals surface area contributed by atoms with Gasteiger partial charge in [0.1, 0.15) is 22.1 Å². The van der Waals surface area contributed by atoms with Crippen LogP contribution in [0.5, 0.6) is 0 Å². The number of carbonyl (C=O) groups is 2. The molecule has 0 radical (unpaired) electrons. The summed E-state index contributed by atoms with van der Waals surface area (Å²) in [6.07, 6.45) is 2.36. The van der Waals surface area contributed by atoms with Crippen molar-refractivity contribution in [1.29, 1.82) is 0 Å². The molecule has 0 unspecified atom stereocenters. The standard InChI is InChI=1S/C22H24N4O6S/c1-11(2)31-22(28)18-15-6-5-7-17(15)33-21(18)23-20(27)16-9-8-14(32-16)10-25-13(4)19(26(29)30)12(3)24-25/h8-9,11H,5-7,10H2,1-4H3,(H,23,27). The maximum absolute atomic E-state index is 12.9. The van der Waals surface area contributed by atoms with E-state index in [0.717, 1.165) is 29.7 Å². The fourth-order valence-electron chi connectivity index (χ4n) is 3.98. The van der Waals surface area contributed by atoms with Crippen LogP contribution in [0.4, 0.5) is 10.7 Å². The number of esters is 1. The normalized spacial score (nSPS) is 12.8. The van der Waals surface area contributed by atoms with Gasteiger partial charge in [-0.1, -0.05) is 0 Å². The van der Waals surface area contributed by atoms with Gasteiger partial charge in [0.05, 0.1) is 23.1 Å². The summed E-state index contributed by atoms with van der Waals surface area (Å²) in [4.78, 5) is 37.4. The van der Waals surface area contributed by atoms with E-state index in [9.17, 15) is 19.7 Å². The highest BCUT2D eigenvalue weighted by molar-refractivity contribution is 7.17. The van der Waals surface area contributed by atoms with E-state index in [1.165, 1.54) is 22.1 Å². The van der Waals surface area contributed by atoms with Crippen molar-refractivity contribution in [3.63, 3.8) is 0 Å². The first-order chi connectivity index (χ1) is 15.7. The fourth-order valence-corrected chi connectivity index (χ4v) is 5.26. The number of carbonyl (C=O) groups excluding carboxylic acids is 2. The van der Waals surface area contributed by atoms with Gasteiger partial charge in [-0.25, -0.2) is 4.79 Å². The molecule has 1 amide bonds. The second-order valence-electron chi connectivity index (χ2n) is 8.17. The lowest BCUT2D eigenvalue weighted by Crippen LogP contribution is -2.17. The number of aromatic nitrogens is 2. The minimum Gasteiger partial charge on any atom is -0.459 e. The number of aryl methyl sites for hydroxylation is 2. The Bertz CT molecular complexity index is 1250. The number of hydrogen-bond donors (Lipinski definition) is 1. The minimum atomic E-state index is -0.487. The zero-order chi connectivity index (χ0) is 23.9. The molecule has 33 heavy (non-hydrogen) atoms.